The SMILES string of the molecule is COC(=O)CCNc1ccc(N)c2cnccc12. The molecule has 3 N–H and O–H groups in total. The number of ether oxygens (including phenoxy) is 1. The molecule has 5 heteroatoms. The molecule has 94 valence electrons. The van der Waals surface area contributed by atoms with Crippen molar-refractivity contribution < 1.29 is 9.53 Å². The zero-order valence-electron chi connectivity index (χ0n) is 10.1. The van der Waals surface area contributed by atoms with Gasteiger partial charge >= 0.3 is 5.97 Å². The fourth-order valence-corrected chi connectivity index (χ4v) is 1.77. The molecule has 0 radical (unpaired) electrons. The first-order valence-electron chi connectivity index (χ1n) is 5.65. The minimum Gasteiger partial charge on any atom is -0.469 e. The number of anilines is 2. The number of aromatic nitrogens is 1. The molecule has 2 rings (SSSR count). The summed E-state index contributed by atoms with van der Waals surface area (Å²) in [5, 5.41) is 5.09. The largest absolute Gasteiger partial charge is 0.469 e. The summed E-state index contributed by atoms with van der Waals surface area (Å²) in [5.41, 5.74) is 7.51. The van der Waals surface area contributed by atoms with Gasteiger partial charge in [0.1, 0.15) is 0 Å². The lowest BCUT2D eigenvalue weighted by Crippen LogP contribution is -2.10. The number of carbonyl (C=O) groups excluding carboxylic acids is 1. The van der Waals surface area contributed by atoms with Crippen LogP contribution in [0.4, 0.5) is 11.4 Å². The number of benzene rings is 1. The van der Waals surface area contributed by atoms with E-state index in [1.54, 1.807) is 12.4 Å². The molecule has 0 saturated heterocycles. The van der Waals surface area contributed by atoms with E-state index in [1.165, 1.54) is 7.11 Å². The van der Waals surface area contributed by atoms with Crippen LogP contribution in [0, 0.1) is 0 Å². The van der Waals surface area contributed by atoms with Crippen molar-refractivity contribution in [2.24, 2.45) is 0 Å². The van der Waals surface area contributed by atoms with E-state index in [1.807, 2.05) is 18.2 Å². The van der Waals surface area contributed by atoms with Gasteiger partial charge in [-0.2, -0.15) is 0 Å². The van der Waals surface area contributed by atoms with Crippen LogP contribution < -0.4 is 11.1 Å². The molecule has 0 atom stereocenters. The Labute approximate surface area is 105 Å². The topological polar surface area (TPSA) is 77.2 Å². The highest BCUT2D eigenvalue weighted by Gasteiger charge is 2.05. The van der Waals surface area contributed by atoms with Crippen LogP contribution in [-0.2, 0) is 9.53 Å². The quantitative estimate of drug-likeness (QED) is 0.634. The van der Waals surface area contributed by atoms with Crippen molar-refractivity contribution >= 4 is 28.1 Å². The summed E-state index contributed by atoms with van der Waals surface area (Å²) in [6, 6.07) is 5.62. The number of nitrogens with two attached hydrogens (primary N) is 1. The molecule has 0 fully saturated rings. The van der Waals surface area contributed by atoms with E-state index in [9.17, 15) is 4.79 Å². The number of carbonyl (C=O) groups is 1. The number of esters is 1. The van der Waals surface area contributed by atoms with Crippen molar-refractivity contribution in [1.29, 1.82) is 0 Å². The average Bonchev–Trinajstić information content (AvgIpc) is 2.41. The highest BCUT2D eigenvalue weighted by atomic mass is 16.5. The monoisotopic (exact) mass is 245 g/mol. The zero-order chi connectivity index (χ0) is 13.0. The highest BCUT2D eigenvalue weighted by molar-refractivity contribution is 6.00. The van der Waals surface area contributed by atoms with Crippen molar-refractivity contribution in [3.05, 3.63) is 30.6 Å². The predicted octanol–water partition coefficient (Wildman–Crippen LogP) is 1.79. The molecule has 0 aliphatic rings. The summed E-state index contributed by atoms with van der Waals surface area (Å²) in [4.78, 5) is 15.1. The van der Waals surface area contributed by atoms with Gasteiger partial charge in [0, 0.05) is 41.1 Å². The number of hydrogen-bond donors (Lipinski definition) is 2. The Morgan fingerprint density at radius 3 is 3.00 bits per heavy atom. The summed E-state index contributed by atoms with van der Waals surface area (Å²) in [6.45, 7) is 0.522. The van der Waals surface area contributed by atoms with E-state index in [0.717, 1.165) is 16.5 Å². The standard InChI is InChI=1S/C13H15N3O2/c1-18-13(17)5-7-16-12-3-2-11(14)10-8-15-6-4-9(10)12/h2-4,6,8,16H,5,7,14H2,1H3. The fourth-order valence-electron chi connectivity index (χ4n) is 1.77. The van der Waals surface area contributed by atoms with Gasteiger partial charge in [-0.25, -0.2) is 0 Å². The summed E-state index contributed by atoms with van der Waals surface area (Å²) < 4.78 is 4.59. The van der Waals surface area contributed by atoms with E-state index < -0.39 is 0 Å². The maximum atomic E-state index is 11.0. The summed E-state index contributed by atoms with van der Waals surface area (Å²) in [6.07, 6.45) is 3.77. The Balaban J connectivity index is 2.18. The van der Waals surface area contributed by atoms with E-state index in [4.69, 9.17) is 5.73 Å². The van der Waals surface area contributed by atoms with Gasteiger partial charge in [0.25, 0.3) is 0 Å². The third-order valence-electron chi connectivity index (χ3n) is 2.72. The lowest BCUT2D eigenvalue weighted by Gasteiger charge is -2.10. The Morgan fingerprint density at radius 1 is 1.39 bits per heavy atom. The van der Waals surface area contributed by atoms with Crippen LogP contribution >= 0.6 is 0 Å². The second-order valence-corrected chi connectivity index (χ2v) is 3.88. The molecule has 0 aliphatic carbocycles. The lowest BCUT2D eigenvalue weighted by molar-refractivity contribution is -0.140. The second-order valence-electron chi connectivity index (χ2n) is 3.88. The Hall–Kier alpha value is -2.30. The number of methoxy groups -OCH3 is 1. The second kappa shape index (κ2) is 5.35. The van der Waals surface area contributed by atoms with Crippen LogP contribution in [0.25, 0.3) is 10.8 Å². The number of nitrogens with one attached hydrogen (secondary N) is 1. The Bertz CT molecular complexity index is 569. The first kappa shape index (κ1) is 12.2. The van der Waals surface area contributed by atoms with Crippen LogP contribution in [0.2, 0.25) is 0 Å². The number of fused-ring (bicyclic) bond motifs is 1. The third kappa shape index (κ3) is 2.51. The molecule has 1 aromatic heterocycles. The molecular weight excluding hydrogens is 230 g/mol. The molecule has 0 spiro atoms. The number of rotatable bonds is 4. The van der Waals surface area contributed by atoms with E-state index in [2.05, 4.69) is 15.0 Å². The average molecular weight is 245 g/mol. The Morgan fingerprint density at radius 2 is 2.22 bits per heavy atom. The first-order chi connectivity index (χ1) is 8.72. The van der Waals surface area contributed by atoms with Crippen molar-refractivity contribution in [2.75, 3.05) is 24.7 Å². The molecule has 5 nitrogen and oxygen atoms in total. The maximum absolute atomic E-state index is 11.0. The van der Waals surface area contributed by atoms with E-state index in [0.29, 0.717) is 18.7 Å². The minimum atomic E-state index is -0.232. The van der Waals surface area contributed by atoms with Crippen LogP contribution in [0.1, 0.15) is 6.42 Å². The molecule has 0 saturated carbocycles. The summed E-state index contributed by atoms with van der Waals surface area (Å²) in [5.74, 6) is -0.232. The van der Waals surface area contributed by atoms with Crippen molar-refractivity contribution in [2.45, 2.75) is 6.42 Å². The van der Waals surface area contributed by atoms with Crippen LogP contribution in [0.15, 0.2) is 30.6 Å². The molecule has 1 heterocycles. The molecule has 2 aromatic rings. The molecule has 0 aliphatic heterocycles. The predicted molar refractivity (Wildman–Crippen MR) is 71.3 cm³/mol. The van der Waals surface area contributed by atoms with E-state index in [-0.39, 0.29) is 5.97 Å². The fraction of sp³-hybridized carbons (Fsp3) is 0.231. The lowest BCUT2D eigenvalue weighted by atomic mass is 10.1. The molecule has 0 bridgehead atoms. The number of nitrogens with zero attached hydrogens (tertiary/aromatic N) is 1. The maximum Gasteiger partial charge on any atom is 0.307 e. The molecule has 1 aromatic carbocycles. The molecule has 0 unspecified atom stereocenters. The number of nitrogen functional groups attached to an aromatic ring is 1. The normalized spacial score (nSPS) is 10.3. The van der Waals surface area contributed by atoms with Gasteiger partial charge < -0.3 is 15.8 Å². The number of hydrogen-bond acceptors (Lipinski definition) is 5. The van der Waals surface area contributed by atoms with Crippen LogP contribution in [0.3, 0.4) is 0 Å². The molecule has 18 heavy (non-hydrogen) atoms. The molecule has 0 amide bonds. The van der Waals surface area contributed by atoms with Gasteiger partial charge in [0.05, 0.1) is 13.5 Å². The summed E-state index contributed by atoms with van der Waals surface area (Å²) in [7, 11) is 1.38. The van der Waals surface area contributed by atoms with Gasteiger partial charge in [-0.1, -0.05) is 0 Å². The van der Waals surface area contributed by atoms with Crippen molar-refractivity contribution in [3.63, 3.8) is 0 Å². The number of pyridine rings is 1. The van der Waals surface area contributed by atoms with Gasteiger partial charge in [-0.15, -0.1) is 0 Å². The zero-order valence-corrected chi connectivity index (χ0v) is 10.1. The van der Waals surface area contributed by atoms with Crippen LogP contribution in [-0.4, -0.2) is 24.6 Å². The van der Waals surface area contributed by atoms with E-state index >= 15 is 0 Å². The molecular formula is C13H15N3O2. The van der Waals surface area contributed by atoms with Gasteiger partial charge in [0.2, 0.25) is 0 Å². The van der Waals surface area contributed by atoms with Gasteiger partial charge in [0.15, 0.2) is 0 Å². The van der Waals surface area contributed by atoms with Crippen molar-refractivity contribution in [3.8, 4) is 0 Å². The van der Waals surface area contributed by atoms with Crippen molar-refractivity contribution in [1.82, 2.24) is 4.98 Å². The van der Waals surface area contributed by atoms with Gasteiger partial charge in [-0.3, -0.25) is 9.78 Å². The minimum absolute atomic E-state index is 0.232. The van der Waals surface area contributed by atoms with Gasteiger partial charge in [-0.05, 0) is 18.2 Å². The first-order valence-corrected chi connectivity index (χ1v) is 5.65. The Kier molecular flexibility index (Phi) is 3.62. The summed E-state index contributed by atoms with van der Waals surface area (Å²) >= 11 is 0. The highest BCUT2D eigenvalue weighted by Crippen LogP contribution is 2.27. The van der Waals surface area contributed by atoms with Crippen LogP contribution in [0.5, 0.6) is 0 Å². The smallest absolute Gasteiger partial charge is 0.307 e. The third-order valence-corrected chi connectivity index (χ3v) is 2.72.